The van der Waals surface area contributed by atoms with E-state index >= 15 is 0 Å². The fourth-order valence-electron chi connectivity index (χ4n) is 4.96. The van der Waals surface area contributed by atoms with Crippen LogP contribution >= 0.6 is 31.9 Å². The lowest BCUT2D eigenvalue weighted by Gasteiger charge is -2.15. The number of aromatic nitrogens is 1. The molecule has 3 heteroatoms. The van der Waals surface area contributed by atoms with Crippen molar-refractivity contribution in [1.82, 2.24) is 4.57 Å². The Morgan fingerprint density at radius 3 is 1.63 bits per heavy atom. The zero-order valence-corrected chi connectivity index (χ0v) is 18.3. The summed E-state index contributed by atoms with van der Waals surface area (Å²) in [6.45, 7) is 4.59. The molecule has 0 bridgehead atoms. The molecule has 6 aromatic rings. The van der Waals surface area contributed by atoms with E-state index in [1.54, 1.807) is 0 Å². The number of hydrogen-bond acceptors (Lipinski definition) is 0. The van der Waals surface area contributed by atoms with Crippen LogP contribution in [-0.2, 0) is 0 Å². The molecule has 1 aromatic heterocycles. The number of halogens is 2. The normalized spacial score (nSPS) is 13.9. The molecule has 1 atom stereocenters. The highest BCUT2D eigenvalue weighted by molar-refractivity contribution is 9.11. The van der Waals surface area contributed by atoms with Crippen LogP contribution < -0.4 is 0 Å². The van der Waals surface area contributed by atoms with Crippen LogP contribution in [0.1, 0.15) is 26.3 Å². The van der Waals surface area contributed by atoms with Crippen molar-refractivity contribution >= 4 is 86.0 Å². The Morgan fingerprint density at radius 2 is 1.19 bits per heavy atom. The molecule has 1 nitrogen and oxygen atoms in total. The molecule has 132 valence electrons. The molecule has 0 aliphatic carbocycles. The first-order valence-corrected chi connectivity index (χ1v) is 11.0. The van der Waals surface area contributed by atoms with Crippen molar-refractivity contribution in [2.24, 2.45) is 0 Å². The second-order valence-corrected chi connectivity index (χ2v) is 9.30. The van der Waals surface area contributed by atoms with E-state index in [1.165, 1.54) is 63.1 Å². The van der Waals surface area contributed by atoms with Gasteiger partial charge in [0.25, 0.3) is 0 Å². The Labute approximate surface area is 173 Å². The van der Waals surface area contributed by atoms with Gasteiger partial charge in [-0.2, -0.15) is 0 Å². The molecule has 0 saturated heterocycles. The van der Waals surface area contributed by atoms with Crippen molar-refractivity contribution in [1.29, 1.82) is 0 Å². The van der Waals surface area contributed by atoms with Gasteiger partial charge in [-0.05, 0) is 47.0 Å². The van der Waals surface area contributed by atoms with Crippen LogP contribution in [0, 0.1) is 0 Å². The van der Waals surface area contributed by atoms with Gasteiger partial charge in [0.2, 0.25) is 0 Å². The molecule has 0 saturated carbocycles. The second kappa shape index (κ2) is 5.36. The van der Waals surface area contributed by atoms with Crippen LogP contribution in [0.15, 0.2) is 57.5 Å². The van der Waals surface area contributed by atoms with E-state index in [0.717, 1.165) is 6.42 Å². The largest absolute Gasteiger partial charge is 0.338 e. The maximum Gasteiger partial charge on any atom is 0.0512 e. The lowest BCUT2D eigenvalue weighted by Crippen LogP contribution is -2.03. The van der Waals surface area contributed by atoms with Crippen LogP contribution in [0.2, 0.25) is 0 Å². The summed E-state index contributed by atoms with van der Waals surface area (Å²) in [5.41, 5.74) is 2.67. The summed E-state index contributed by atoms with van der Waals surface area (Å²) in [7, 11) is 0. The van der Waals surface area contributed by atoms with Gasteiger partial charge in [-0.3, -0.25) is 0 Å². The lowest BCUT2D eigenvalue weighted by molar-refractivity contribution is 0.563. The summed E-state index contributed by atoms with van der Waals surface area (Å²) in [5, 5.41) is 10.9. The van der Waals surface area contributed by atoms with Gasteiger partial charge >= 0.3 is 0 Å². The first kappa shape index (κ1) is 16.1. The fraction of sp³-hybridized carbons (Fsp3) is 0.167. The molecule has 1 heterocycles. The Kier molecular flexibility index (Phi) is 3.21. The van der Waals surface area contributed by atoms with Crippen LogP contribution in [-0.4, -0.2) is 4.57 Å². The molecular formula is C24H17Br2N. The average Bonchev–Trinajstić information content (AvgIpc) is 3.01. The van der Waals surface area contributed by atoms with Crippen LogP contribution in [0.5, 0.6) is 0 Å². The summed E-state index contributed by atoms with van der Waals surface area (Å²) in [5.74, 6) is 0. The predicted molar refractivity (Wildman–Crippen MR) is 125 cm³/mol. The zero-order valence-electron chi connectivity index (χ0n) is 15.1. The quantitative estimate of drug-likeness (QED) is 0.173. The van der Waals surface area contributed by atoms with Crippen molar-refractivity contribution < 1.29 is 0 Å². The van der Waals surface area contributed by atoms with Gasteiger partial charge < -0.3 is 4.57 Å². The minimum Gasteiger partial charge on any atom is -0.338 e. The fourth-order valence-corrected chi connectivity index (χ4v) is 6.05. The number of rotatable bonds is 2. The summed E-state index contributed by atoms with van der Waals surface area (Å²) in [6.07, 6.45) is 1.10. The molecule has 6 rings (SSSR count). The lowest BCUT2D eigenvalue weighted by atomic mass is 9.90. The SMILES string of the molecule is CCC(C)n1c2cc(Br)c3cccc4c5cccc6c(Br)cc1c(c65)c2c34. The van der Waals surface area contributed by atoms with Crippen LogP contribution in [0.3, 0.4) is 0 Å². The van der Waals surface area contributed by atoms with Gasteiger partial charge in [0, 0.05) is 36.5 Å². The molecule has 0 N–H and O–H groups in total. The van der Waals surface area contributed by atoms with Crippen molar-refractivity contribution in [3.8, 4) is 0 Å². The molecule has 0 spiro atoms. The molecule has 0 radical (unpaired) electrons. The van der Waals surface area contributed by atoms with E-state index in [1.807, 2.05) is 0 Å². The minimum atomic E-state index is 0.441. The standard InChI is InChI=1S/C24H17Br2N/c1-3-12(2)27-19-10-17(25)15-8-4-6-13-14-7-5-9-16-18(26)11-20(27)24(22(14)16)23(19)21(13)15/h4-12H,3H2,1-2H3. The van der Waals surface area contributed by atoms with E-state index in [2.05, 4.69) is 98.8 Å². The van der Waals surface area contributed by atoms with Crippen molar-refractivity contribution in [2.45, 2.75) is 26.3 Å². The number of fused-ring (bicyclic) bond motifs is 1. The number of benzene rings is 5. The second-order valence-electron chi connectivity index (χ2n) is 7.59. The van der Waals surface area contributed by atoms with E-state index < -0.39 is 0 Å². The molecule has 0 aliphatic heterocycles. The molecule has 0 amide bonds. The zero-order chi connectivity index (χ0) is 18.4. The summed E-state index contributed by atoms with van der Waals surface area (Å²) in [4.78, 5) is 0. The number of nitrogens with zero attached hydrogens (tertiary/aromatic N) is 1. The third-order valence-corrected chi connectivity index (χ3v) is 7.59. The molecular weight excluding hydrogens is 462 g/mol. The first-order valence-electron chi connectivity index (χ1n) is 9.42. The van der Waals surface area contributed by atoms with Gasteiger partial charge in [0.05, 0.1) is 11.0 Å². The Bertz CT molecular complexity index is 1380. The van der Waals surface area contributed by atoms with Crippen LogP contribution in [0.25, 0.3) is 54.1 Å². The van der Waals surface area contributed by atoms with Gasteiger partial charge in [0.1, 0.15) is 0 Å². The molecule has 5 aromatic carbocycles. The molecule has 1 unspecified atom stereocenters. The van der Waals surface area contributed by atoms with Crippen LogP contribution in [0.4, 0.5) is 0 Å². The Hall–Kier alpha value is -1.84. The highest BCUT2D eigenvalue weighted by Gasteiger charge is 2.24. The van der Waals surface area contributed by atoms with Crippen molar-refractivity contribution in [2.75, 3.05) is 0 Å². The van der Waals surface area contributed by atoms with E-state index in [9.17, 15) is 0 Å². The first-order chi connectivity index (χ1) is 13.1. The highest BCUT2D eigenvalue weighted by Crippen LogP contribution is 2.50. The van der Waals surface area contributed by atoms with E-state index in [4.69, 9.17) is 0 Å². The van der Waals surface area contributed by atoms with E-state index in [-0.39, 0.29) is 0 Å². The van der Waals surface area contributed by atoms with Crippen molar-refractivity contribution in [3.05, 3.63) is 57.5 Å². The molecule has 0 aliphatic rings. The summed E-state index contributed by atoms with van der Waals surface area (Å²) >= 11 is 7.73. The van der Waals surface area contributed by atoms with Crippen molar-refractivity contribution in [3.63, 3.8) is 0 Å². The maximum atomic E-state index is 3.86. The molecule has 27 heavy (non-hydrogen) atoms. The minimum absolute atomic E-state index is 0.441. The van der Waals surface area contributed by atoms with Gasteiger partial charge in [0.15, 0.2) is 0 Å². The topological polar surface area (TPSA) is 4.93 Å². The smallest absolute Gasteiger partial charge is 0.0512 e. The predicted octanol–water partition coefficient (Wildman–Crippen LogP) is 8.63. The average molecular weight is 479 g/mol. The number of hydrogen-bond donors (Lipinski definition) is 0. The Morgan fingerprint density at radius 1 is 0.741 bits per heavy atom. The Balaban J connectivity index is 2.10. The molecule has 0 fully saturated rings. The summed E-state index contributed by atoms with van der Waals surface area (Å²) in [6, 6.07) is 18.5. The third kappa shape index (κ3) is 1.85. The third-order valence-electron chi connectivity index (χ3n) is 6.27. The van der Waals surface area contributed by atoms with E-state index in [0.29, 0.717) is 6.04 Å². The monoisotopic (exact) mass is 477 g/mol. The van der Waals surface area contributed by atoms with Gasteiger partial charge in [-0.15, -0.1) is 0 Å². The van der Waals surface area contributed by atoms with Gasteiger partial charge in [-0.1, -0.05) is 75.2 Å². The highest BCUT2D eigenvalue weighted by atomic mass is 79.9. The van der Waals surface area contributed by atoms with Gasteiger partial charge in [-0.25, -0.2) is 0 Å². The summed E-state index contributed by atoms with van der Waals surface area (Å²) < 4.78 is 4.89. The maximum absolute atomic E-state index is 3.86.